The first-order chi connectivity index (χ1) is 8.61. The van der Waals surface area contributed by atoms with Crippen LogP contribution in [-0.4, -0.2) is 37.0 Å². The monoisotopic (exact) mass is 362 g/mol. The van der Waals surface area contributed by atoms with Crippen molar-refractivity contribution in [1.29, 1.82) is 0 Å². The fourth-order valence-electron chi connectivity index (χ4n) is 2.23. The Bertz CT molecular complexity index is 453. The molecule has 0 bridgehead atoms. The van der Waals surface area contributed by atoms with Crippen LogP contribution in [0.15, 0.2) is 18.2 Å². The molecule has 3 nitrogen and oxygen atoms in total. The lowest BCUT2D eigenvalue weighted by Gasteiger charge is -2.32. The highest BCUT2D eigenvalue weighted by Gasteiger charge is 2.24. The van der Waals surface area contributed by atoms with Gasteiger partial charge in [-0.1, -0.05) is 0 Å². The average molecular weight is 362 g/mol. The molecule has 1 N–H and O–H groups in total. The topological polar surface area (TPSA) is 32.3 Å². The molecule has 1 fully saturated rings. The molecular formula is C13H16FIN2O. The lowest BCUT2D eigenvalue weighted by molar-refractivity contribution is 0.0697. The molecule has 0 aliphatic carbocycles. The number of amides is 1. The van der Waals surface area contributed by atoms with E-state index in [-0.39, 0.29) is 11.7 Å². The van der Waals surface area contributed by atoms with Crippen LogP contribution in [0.25, 0.3) is 0 Å². The second kappa shape index (κ2) is 5.97. The van der Waals surface area contributed by atoms with Crippen LogP contribution in [-0.2, 0) is 0 Å². The van der Waals surface area contributed by atoms with Crippen molar-refractivity contribution in [3.05, 3.63) is 33.1 Å². The summed E-state index contributed by atoms with van der Waals surface area (Å²) in [6, 6.07) is 4.67. The van der Waals surface area contributed by atoms with E-state index < -0.39 is 0 Å². The third kappa shape index (κ3) is 3.00. The van der Waals surface area contributed by atoms with E-state index >= 15 is 0 Å². The summed E-state index contributed by atoms with van der Waals surface area (Å²) < 4.78 is 13.7. The number of likely N-dealkylation sites (tertiary alicyclic amines) is 1. The van der Waals surface area contributed by atoms with E-state index in [2.05, 4.69) is 5.32 Å². The maximum absolute atomic E-state index is 13.0. The van der Waals surface area contributed by atoms with E-state index in [4.69, 9.17) is 0 Å². The quantitative estimate of drug-likeness (QED) is 0.819. The Balaban J connectivity index is 2.15. The maximum atomic E-state index is 13.0. The van der Waals surface area contributed by atoms with Crippen LogP contribution in [0.2, 0.25) is 0 Å². The molecule has 1 aliphatic heterocycles. The summed E-state index contributed by atoms with van der Waals surface area (Å²) in [6.07, 6.45) is 2.11. The molecule has 0 radical (unpaired) electrons. The summed E-state index contributed by atoms with van der Waals surface area (Å²) in [7, 11) is 1.92. The van der Waals surface area contributed by atoms with Crippen molar-refractivity contribution < 1.29 is 9.18 Å². The van der Waals surface area contributed by atoms with Crippen molar-refractivity contribution in [3.63, 3.8) is 0 Å². The number of benzene rings is 1. The van der Waals surface area contributed by atoms with Crippen molar-refractivity contribution in [2.24, 2.45) is 0 Å². The molecule has 0 spiro atoms. The Morgan fingerprint density at radius 1 is 1.56 bits per heavy atom. The van der Waals surface area contributed by atoms with Crippen molar-refractivity contribution in [3.8, 4) is 0 Å². The lowest BCUT2D eigenvalue weighted by Crippen LogP contribution is -2.47. The number of hydrogen-bond acceptors (Lipinski definition) is 2. The molecule has 1 aromatic carbocycles. The molecule has 0 aromatic heterocycles. The van der Waals surface area contributed by atoms with Gasteiger partial charge in [0, 0.05) is 22.7 Å². The molecule has 1 unspecified atom stereocenters. The van der Waals surface area contributed by atoms with Gasteiger partial charge in [-0.05, 0) is 60.7 Å². The summed E-state index contributed by atoms with van der Waals surface area (Å²) in [6.45, 7) is 1.51. The zero-order chi connectivity index (χ0) is 13.1. The molecule has 1 amide bonds. The molecule has 1 aromatic rings. The smallest absolute Gasteiger partial charge is 0.254 e. The minimum absolute atomic E-state index is 0.000602. The highest BCUT2D eigenvalue weighted by atomic mass is 127. The predicted molar refractivity (Wildman–Crippen MR) is 77.1 cm³/mol. The zero-order valence-corrected chi connectivity index (χ0v) is 12.4. The van der Waals surface area contributed by atoms with Gasteiger partial charge in [0.25, 0.3) is 5.91 Å². The molecule has 1 saturated heterocycles. The molecular weight excluding hydrogens is 346 g/mol. The second-order valence-electron chi connectivity index (χ2n) is 4.50. The standard InChI is InChI=1S/C13H16FIN2O/c1-16-10-3-2-6-17(8-10)13(18)11-5-4-9(14)7-12(11)15/h4-5,7,10,16H,2-3,6,8H2,1H3. The van der Waals surface area contributed by atoms with Gasteiger partial charge in [0.1, 0.15) is 5.82 Å². The summed E-state index contributed by atoms with van der Waals surface area (Å²) in [5, 5.41) is 3.21. The van der Waals surface area contributed by atoms with Gasteiger partial charge in [0.15, 0.2) is 0 Å². The normalized spacial score (nSPS) is 19.9. The van der Waals surface area contributed by atoms with Crippen LogP contribution in [0.1, 0.15) is 23.2 Å². The molecule has 0 saturated carbocycles. The number of rotatable bonds is 2. The summed E-state index contributed by atoms with van der Waals surface area (Å²) >= 11 is 2.01. The molecule has 1 aliphatic rings. The van der Waals surface area contributed by atoms with Crippen LogP contribution >= 0.6 is 22.6 Å². The summed E-state index contributed by atoms with van der Waals surface area (Å²) in [4.78, 5) is 14.2. The van der Waals surface area contributed by atoms with E-state index in [1.807, 2.05) is 34.5 Å². The predicted octanol–water partition coefficient (Wildman–Crippen LogP) is 2.25. The SMILES string of the molecule is CNC1CCCN(C(=O)c2ccc(F)cc2I)C1. The zero-order valence-electron chi connectivity index (χ0n) is 10.2. The highest BCUT2D eigenvalue weighted by molar-refractivity contribution is 14.1. The summed E-state index contributed by atoms with van der Waals surface area (Å²) in [5.41, 5.74) is 0.591. The van der Waals surface area contributed by atoms with Crippen LogP contribution in [0, 0.1) is 9.39 Å². The molecule has 98 valence electrons. The first kappa shape index (κ1) is 13.7. The van der Waals surface area contributed by atoms with Crippen LogP contribution in [0.4, 0.5) is 4.39 Å². The number of carbonyl (C=O) groups excluding carboxylic acids is 1. The Hall–Kier alpha value is -0.690. The van der Waals surface area contributed by atoms with E-state index in [1.54, 1.807) is 6.07 Å². The molecule has 1 heterocycles. The third-order valence-corrected chi connectivity index (χ3v) is 4.17. The van der Waals surface area contributed by atoms with Gasteiger partial charge < -0.3 is 10.2 Å². The number of hydrogen-bond donors (Lipinski definition) is 1. The maximum Gasteiger partial charge on any atom is 0.254 e. The summed E-state index contributed by atoms with van der Waals surface area (Å²) in [5.74, 6) is -0.304. The van der Waals surface area contributed by atoms with Crippen molar-refractivity contribution >= 4 is 28.5 Å². The number of nitrogens with one attached hydrogen (secondary N) is 1. The van der Waals surface area contributed by atoms with Gasteiger partial charge in [-0.3, -0.25) is 4.79 Å². The minimum Gasteiger partial charge on any atom is -0.337 e. The average Bonchev–Trinajstić information content (AvgIpc) is 2.38. The minimum atomic E-state index is -0.303. The van der Waals surface area contributed by atoms with E-state index in [0.29, 0.717) is 15.2 Å². The van der Waals surface area contributed by atoms with Crippen molar-refractivity contribution in [2.75, 3.05) is 20.1 Å². The van der Waals surface area contributed by atoms with Gasteiger partial charge in [0.05, 0.1) is 5.56 Å². The number of likely N-dealkylation sites (N-methyl/N-ethyl adjacent to an activating group) is 1. The van der Waals surface area contributed by atoms with E-state index in [0.717, 1.165) is 25.9 Å². The van der Waals surface area contributed by atoms with Crippen molar-refractivity contribution in [1.82, 2.24) is 10.2 Å². The molecule has 5 heteroatoms. The molecule has 2 rings (SSSR count). The Morgan fingerprint density at radius 2 is 2.33 bits per heavy atom. The third-order valence-electron chi connectivity index (χ3n) is 3.28. The Labute approximate surface area is 120 Å². The van der Waals surface area contributed by atoms with E-state index in [9.17, 15) is 9.18 Å². The Morgan fingerprint density at radius 3 is 3.00 bits per heavy atom. The van der Waals surface area contributed by atoms with Gasteiger partial charge in [-0.25, -0.2) is 4.39 Å². The van der Waals surface area contributed by atoms with Gasteiger partial charge in [0.2, 0.25) is 0 Å². The van der Waals surface area contributed by atoms with Gasteiger partial charge >= 0.3 is 0 Å². The first-order valence-corrected chi connectivity index (χ1v) is 7.11. The number of halogens is 2. The highest BCUT2D eigenvalue weighted by Crippen LogP contribution is 2.19. The van der Waals surface area contributed by atoms with Crippen LogP contribution in [0.5, 0.6) is 0 Å². The van der Waals surface area contributed by atoms with E-state index in [1.165, 1.54) is 12.1 Å². The van der Waals surface area contributed by atoms with Crippen molar-refractivity contribution in [2.45, 2.75) is 18.9 Å². The molecule has 1 atom stereocenters. The Kier molecular flexibility index (Phi) is 4.55. The molecule has 18 heavy (non-hydrogen) atoms. The van der Waals surface area contributed by atoms with Crippen LogP contribution < -0.4 is 5.32 Å². The number of carbonyl (C=O) groups is 1. The second-order valence-corrected chi connectivity index (χ2v) is 5.67. The fraction of sp³-hybridized carbons (Fsp3) is 0.462. The van der Waals surface area contributed by atoms with Gasteiger partial charge in [-0.2, -0.15) is 0 Å². The fourth-order valence-corrected chi connectivity index (χ4v) is 2.94. The first-order valence-electron chi connectivity index (χ1n) is 6.03. The van der Waals surface area contributed by atoms with Crippen LogP contribution in [0.3, 0.4) is 0 Å². The number of nitrogens with zero attached hydrogens (tertiary/aromatic N) is 1. The van der Waals surface area contributed by atoms with Gasteiger partial charge in [-0.15, -0.1) is 0 Å². The lowest BCUT2D eigenvalue weighted by atomic mass is 10.0. The largest absolute Gasteiger partial charge is 0.337 e. The number of piperidine rings is 1.